The number of benzene rings is 1. The Balaban J connectivity index is 2.69. The zero-order valence-electron chi connectivity index (χ0n) is 12.6. The van der Waals surface area contributed by atoms with E-state index in [-0.39, 0.29) is 17.5 Å². The number of hydrogen-bond donors (Lipinski definition) is 0. The summed E-state index contributed by atoms with van der Waals surface area (Å²) in [6.07, 6.45) is 0. The monoisotopic (exact) mass is 331 g/mol. The molecule has 0 spiro atoms. The SMILES string of the molecule is CCOC(=O)C(C#N)c1nc(Cl)c(C)n(-c2ccccc2)c1=O. The molecule has 1 heterocycles. The molecule has 1 aromatic heterocycles. The van der Waals surface area contributed by atoms with Crippen molar-refractivity contribution in [2.24, 2.45) is 0 Å². The second kappa shape index (κ2) is 7.07. The summed E-state index contributed by atoms with van der Waals surface area (Å²) >= 11 is 6.09. The molecule has 2 aromatic rings. The molecule has 1 aromatic carbocycles. The Labute approximate surface area is 137 Å². The van der Waals surface area contributed by atoms with E-state index in [4.69, 9.17) is 16.3 Å². The predicted octanol–water partition coefficient (Wildman–Crippen LogP) is 2.36. The summed E-state index contributed by atoms with van der Waals surface area (Å²) in [5.41, 5.74) is 0.177. The summed E-state index contributed by atoms with van der Waals surface area (Å²) in [5.74, 6) is -2.24. The number of rotatable bonds is 4. The molecular formula is C16H14ClN3O3. The first-order valence-electron chi connectivity index (χ1n) is 6.92. The third-order valence-corrected chi connectivity index (χ3v) is 3.57. The van der Waals surface area contributed by atoms with Gasteiger partial charge in [0.05, 0.1) is 18.4 Å². The number of carbonyl (C=O) groups is 1. The van der Waals surface area contributed by atoms with E-state index in [1.54, 1.807) is 44.2 Å². The molecule has 0 bridgehead atoms. The van der Waals surface area contributed by atoms with Crippen LogP contribution in [0.2, 0.25) is 5.15 Å². The highest BCUT2D eigenvalue weighted by atomic mass is 35.5. The number of halogens is 1. The molecule has 0 aliphatic rings. The van der Waals surface area contributed by atoms with Crippen LogP contribution in [0.5, 0.6) is 0 Å². The largest absolute Gasteiger partial charge is 0.465 e. The van der Waals surface area contributed by atoms with Crippen molar-refractivity contribution in [3.63, 3.8) is 0 Å². The lowest BCUT2D eigenvalue weighted by Gasteiger charge is -2.14. The summed E-state index contributed by atoms with van der Waals surface area (Å²) < 4.78 is 6.15. The molecule has 0 N–H and O–H groups in total. The van der Waals surface area contributed by atoms with Gasteiger partial charge >= 0.3 is 5.97 Å². The van der Waals surface area contributed by atoms with Crippen molar-refractivity contribution in [2.75, 3.05) is 6.61 Å². The third-order valence-electron chi connectivity index (χ3n) is 3.21. The highest BCUT2D eigenvalue weighted by Crippen LogP contribution is 2.19. The standard InChI is InChI=1S/C16H14ClN3O3/c1-3-23-16(22)12(9-18)13-15(21)20(10(2)14(17)19-13)11-7-5-4-6-8-11/h4-8,12H,3H2,1-2H3. The lowest BCUT2D eigenvalue weighted by molar-refractivity contribution is -0.143. The van der Waals surface area contributed by atoms with Gasteiger partial charge in [0.1, 0.15) is 10.8 Å². The number of para-hydroxylation sites is 1. The van der Waals surface area contributed by atoms with Crippen molar-refractivity contribution in [3.8, 4) is 11.8 Å². The van der Waals surface area contributed by atoms with Crippen LogP contribution < -0.4 is 5.56 Å². The molecule has 2 rings (SSSR count). The Hall–Kier alpha value is -2.65. The lowest BCUT2D eigenvalue weighted by atomic mass is 10.1. The molecule has 0 saturated heterocycles. The highest BCUT2D eigenvalue weighted by molar-refractivity contribution is 6.30. The molecule has 0 fully saturated rings. The normalized spacial score (nSPS) is 11.6. The van der Waals surface area contributed by atoms with Gasteiger partial charge in [-0.05, 0) is 26.0 Å². The summed E-state index contributed by atoms with van der Waals surface area (Å²) in [7, 11) is 0. The number of aromatic nitrogens is 2. The van der Waals surface area contributed by atoms with Gasteiger partial charge in [-0.1, -0.05) is 29.8 Å². The third kappa shape index (κ3) is 3.25. The second-order valence-electron chi connectivity index (χ2n) is 4.66. The zero-order valence-corrected chi connectivity index (χ0v) is 13.4. The number of ether oxygens (including phenoxy) is 1. The minimum atomic E-state index is -1.42. The van der Waals surface area contributed by atoms with Crippen molar-refractivity contribution in [2.45, 2.75) is 19.8 Å². The smallest absolute Gasteiger partial charge is 0.329 e. The maximum Gasteiger partial charge on any atom is 0.329 e. The van der Waals surface area contributed by atoms with Crippen molar-refractivity contribution in [1.29, 1.82) is 5.26 Å². The molecule has 0 aliphatic heterocycles. The van der Waals surface area contributed by atoms with Gasteiger partial charge in [0.2, 0.25) is 0 Å². The minimum Gasteiger partial charge on any atom is -0.465 e. The number of nitrogens with zero attached hydrogens (tertiary/aromatic N) is 3. The zero-order chi connectivity index (χ0) is 17.0. The molecule has 23 heavy (non-hydrogen) atoms. The highest BCUT2D eigenvalue weighted by Gasteiger charge is 2.28. The van der Waals surface area contributed by atoms with Crippen LogP contribution >= 0.6 is 11.6 Å². The molecule has 7 heteroatoms. The fraction of sp³-hybridized carbons (Fsp3) is 0.250. The number of nitriles is 1. The quantitative estimate of drug-likeness (QED) is 0.803. The van der Waals surface area contributed by atoms with Crippen LogP contribution in [0, 0.1) is 18.3 Å². The van der Waals surface area contributed by atoms with Gasteiger partial charge in [-0.3, -0.25) is 14.2 Å². The van der Waals surface area contributed by atoms with Crippen LogP contribution in [-0.2, 0) is 9.53 Å². The van der Waals surface area contributed by atoms with Gasteiger partial charge in [-0.15, -0.1) is 0 Å². The van der Waals surface area contributed by atoms with Gasteiger partial charge in [-0.25, -0.2) is 4.98 Å². The minimum absolute atomic E-state index is 0.0491. The van der Waals surface area contributed by atoms with Crippen LogP contribution in [-0.4, -0.2) is 22.1 Å². The molecule has 1 atom stereocenters. The van der Waals surface area contributed by atoms with Crippen molar-refractivity contribution in [1.82, 2.24) is 9.55 Å². The first kappa shape index (κ1) is 16.7. The van der Waals surface area contributed by atoms with Gasteiger partial charge in [0.15, 0.2) is 5.92 Å². The molecule has 1 unspecified atom stereocenters. The van der Waals surface area contributed by atoms with E-state index in [0.29, 0.717) is 11.4 Å². The van der Waals surface area contributed by atoms with Crippen molar-refractivity contribution < 1.29 is 9.53 Å². The van der Waals surface area contributed by atoms with Gasteiger partial charge in [0.25, 0.3) is 5.56 Å². The molecule has 0 aliphatic carbocycles. The topological polar surface area (TPSA) is 85.0 Å². The van der Waals surface area contributed by atoms with Crippen LogP contribution in [0.1, 0.15) is 24.2 Å². The summed E-state index contributed by atoms with van der Waals surface area (Å²) in [4.78, 5) is 28.6. The number of carbonyl (C=O) groups excluding carboxylic acids is 1. The summed E-state index contributed by atoms with van der Waals surface area (Å²) in [6, 6.07) is 10.5. The van der Waals surface area contributed by atoms with E-state index in [1.807, 2.05) is 6.07 Å². The Morgan fingerprint density at radius 2 is 2.09 bits per heavy atom. The summed E-state index contributed by atoms with van der Waals surface area (Å²) in [5, 5.41) is 9.29. The van der Waals surface area contributed by atoms with Crippen molar-refractivity contribution in [3.05, 3.63) is 57.2 Å². The number of hydrogen-bond acceptors (Lipinski definition) is 5. The molecule has 6 nitrogen and oxygen atoms in total. The van der Waals surface area contributed by atoms with Gasteiger partial charge in [0, 0.05) is 5.69 Å². The van der Waals surface area contributed by atoms with Crippen molar-refractivity contribution >= 4 is 17.6 Å². The van der Waals surface area contributed by atoms with Crippen LogP contribution in [0.4, 0.5) is 0 Å². The van der Waals surface area contributed by atoms with E-state index in [9.17, 15) is 14.9 Å². The van der Waals surface area contributed by atoms with E-state index in [1.165, 1.54) is 4.57 Å². The Bertz CT molecular complexity index is 825. The molecular weight excluding hydrogens is 318 g/mol. The Morgan fingerprint density at radius 3 is 2.65 bits per heavy atom. The van der Waals surface area contributed by atoms with E-state index in [2.05, 4.69) is 4.98 Å². The maximum absolute atomic E-state index is 12.7. The Morgan fingerprint density at radius 1 is 1.43 bits per heavy atom. The predicted molar refractivity (Wildman–Crippen MR) is 84.6 cm³/mol. The Kier molecular flexibility index (Phi) is 5.14. The van der Waals surface area contributed by atoms with E-state index < -0.39 is 17.4 Å². The van der Waals surface area contributed by atoms with Crippen LogP contribution in [0.3, 0.4) is 0 Å². The summed E-state index contributed by atoms with van der Waals surface area (Å²) in [6.45, 7) is 3.35. The molecule has 118 valence electrons. The average molecular weight is 332 g/mol. The van der Waals surface area contributed by atoms with E-state index >= 15 is 0 Å². The average Bonchev–Trinajstić information content (AvgIpc) is 2.54. The van der Waals surface area contributed by atoms with Crippen LogP contribution in [0.15, 0.2) is 35.1 Å². The molecule has 0 saturated carbocycles. The second-order valence-corrected chi connectivity index (χ2v) is 5.02. The first-order chi connectivity index (χ1) is 11.0. The van der Waals surface area contributed by atoms with E-state index in [0.717, 1.165) is 0 Å². The van der Waals surface area contributed by atoms with Gasteiger partial charge < -0.3 is 4.74 Å². The number of esters is 1. The maximum atomic E-state index is 12.7. The fourth-order valence-corrected chi connectivity index (χ4v) is 2.30. The van der Waals surface area contributed by atoms with Crippen LogP contribution in [0.25, 0.3) is 5.69 Å². The molecule has 0 amide bonds. The lowest BCUT2D eigenvalue weighted by Crippen LogP contribution is -2.31. The van der Waals surface area contributed by atoms with Gasteiger partial charge in [-0.2, -0.15) is 5.26 Å². The first-order valence-corrected chi connectivity index (χ1v) is 7.29. The molecule has 0 radical (unpaired) electrons. The fourth-order valence-electron chi connectivity index (χ4n) is 2.12.